The minimum absolute atomic E-state index is 0.262. The lowest BCUT2D eigenvalue weighted by Gasteiger charge is -2.28. The molecule has 0 aliphatic carbocycles. The summed E-state index contributed by atoms with van der Waals surface area (Å²) in [6.45, 7) is 3.24. The van der Waals surface area contributed by atoms with Crippen molar-refractivity contribution in [3.63, 3.8) is 0 Å². The first-order valence-corrected chi connectivity index (χ1v) is 6.31. The van der Waals surface area contributed by atoms with Gasteiger partial charge in [-0.2, -0.15) is 0 Å². The molecule has 0 N–H and O–H groups in total. The average Bonchev–Trinajstić information content (AvgIpc) is 2.39. The third-order valence-corrected chi connectivity index (χ3v) is 3.12. The predicted octanol–water partition coefficient (Wildman–Crippen LogP) is 2.51. The summed E-state index contributed by atoms with van der Waals surface area (Å²) in [5.41, 5.74) is 1.63. The third kappa shape index (κ3) is 3.12. The second kappa shape index (κ2) is 5.71. The van der Waals surface area contributed by atoms with Crippen LogP contribution in [0, 0.1) is 0 Å². The number of halogens is 2. The summed E-state index contributed by atoms with van der Waals surface area (Å²) in [4.78, 5) is 12.8. The van der Waals surface area contributed by atoms with E-state index in [4.69, 9.17) is 27.9 Å². The number of carbonyl (C=O) groups excluding carboxylic acids is 1. The summed E-state index contributed by atoms with van der Waals surface area (Å²) in [7, 11) is 0. The monoisotopic (exact) mass is 273 g/mol. The van der Waals surface area contributed by atoms with Crippen LogP contribution in [0.5, 0.6) is 0 Å². The zero-order valence-electron chi connectivity index (χ0n) is 9.23. The highest BCUT2D eigenvalue weighted by atomic mass is 35.5. The van der Waals surface area contributed by atoms with Crippen LogP contribution >= 0.6 is 23.2 Å². The second-order valence-electron chi connectivity index (χ2n) is 3.81. The maximum Gasteiger partial charge on any atom is 0.195 e. The highest BCUT2D eigenvalue weighted by Gasteiger charge is 2.15. The summed E-state index contributed by atoms with van der Waals surface area (Å²) in [6.07, 6.45) is 0. The van der Waals surface area contributed by atoms with Crippen molar-refractivity contribution < 1.29 is 9.53 Å². The van der Waals surface area contributed by atoms with E-state index in [2.05, 4.69) is 4.90 Å². The molecule has 0 atom stereocenters. The lowest BCUT2D eigenvalue weighted by Crippen LogP contribution is -2.36. The number of rotatable bonds is 3. The SMILES string of the molecule is O=C(c1ccc(N2CCOCC2)cc1)C(Cl)Cl. The lowest BCUT2D eigenvalue weighted by atomic mass is 10.1. The molecule has 2 rings (SSSR count). The molecule has 1 aromatic rings. The summed E-state index contributed by atoms with van der Waals surface area (Å²) >= 11 is 11.1. The van der Waals surface area contributed by atoms with Gasteiger partial charge >= 0.3 is 0 Å². The van der Waals surface area contributed by atoms with E-state index in [1.54, 1.807) is 12.1 Å². The van der Waals surface area contributed by atoms with Crippen molar-refractivity contribution in [1.82, 2.24) is 0 Å². The predicted molar refractivity (Wildman–Crippen MR) is 69.3 cm³/mol. The van der Waals surface area contributed by atoms with E-state index < -0.39 is 4.84 Å². The Morgan fingerprint density at radius 2 is 1.76 bits per heavy atom. The normalized spacial score (nSPS) is 16.3. The molecule has 1 aromatic carbocycles. The molecule has 0 amide bonds. The molecule has 1 aliphatic rings. The van der Waals surface area contributed by atoms with Gasteiger partial charge in [-0.25, -0.2) is 0 Å². The Hall–Kier alpha value is -0.770. The minimum atomic E-state index is -0.996. The quantitative estimate of drug-likeness (QED) is 0.626. The Kier molecular flexibility index (Phi) is 4.26. The van der Waals surface area contributed by atoms with Crippen LogP contribution in [0.1, 0.15) is 10.4 Å². The van der Waals surface area contributed by atoms with Crippen molar-refractivity contribution in [3.8, 4) is 0 Å². The molecule has 5 heteroatoms. The van der Waals surface area contributed by atoms with Crippen LogP contribution in [-0.2, 0) is 4.74 Å². The van der Waals surface area contributed by atoms with Crippen LogP contribution in [0.2, 0.25) is 0 Å². The smallest absolute Gasteiger partial charge is 0.195 e. The molecule has 0 aromatic heterocycles. The summed E-state index contributed by atoms with van der Waals surface area (Å²) in [5, 5.41) is 0. The fraction of sp³-hybridized carbons (Fsp3) is 0.417. The van der Waals surface area contributed by atoms with E-state index in [-0.39, 0.29) is 5.78 Å². The Balaban J connectivity index is 2.09. The number of hydrogen-bond acceptors (Lipinski definition) is 3. The molecule has 0 bridgehead atoms. The first kappa shape index (κ1) is 12.7. The molecule has 0 saturated carbocycles. The fourth-order valence-corrected chi connectivity index (χ4v) is 2.04. The summed E-state index contributed by atoms with van der Waals surface area (Å²) in [5.74, 6) is -0.262. The summed E-state index contributed by atoms with van der Waals surface area (Å²) < 4.78 is 5.28. The number of nitrogens with zero attached hydrogens (tertiary/aromatic N) is 1. The molecule has 1 heterocycles. The molecule has 0 spiro atoms. The van der Waals surface area contributed by atoms with Crippen molar-refractivity contribution in [1.29, 1.82) is 0 Å². The number of ketones is 1. The standard InChI is InChI=1S/C12H13Cl2NO2/c13-12(14)11(16)9-1-3-10(4-2-9)15-5-7-17-8-6-15/h1-4,12H,5-8H2. The highest BCUT2D eigenvalue weighted by molar-refractivity contribution is 6.55. The fourth-order valence-electron chi connectivity index (χ4n) is 1.78. The van der Waals surface area contributed by atoms with Crippen molar-refractivity contribution in [2.45, 2.75) is 4.84 Å². The third-order valence-electron chi connectivity index (χ3n) is 2.73. The van der Waals surface area contributed by atoms with Crippen LogP contribution in [0.25, 0.3) is 0 Å². The van der Waals surface area contributed by atoms with E-state index in [0.717, 1.165) is 32.0 Å². The van der Waals surface area contributed by atoms with Crippen LogP contribution < -0.4 is 4.90 Å². The Morgan fingerprint density at radius 1 is 1.18 bits per heavy atom. The van der Waals surface area contributed by atoms with Crippen molar-refractivity contribution in [2.24, 2.45) is 0 Å². The molecule has 0 radical (unpaired) electrons. The maximum absolute atomic E-state index is 11.5. The number of carbonyl (C=O) groups is 1. The molecule has 92 valence electrons. The number of Topliss-reactive ketones (excluding diaryl/α,β-unsaturated/α-hetero) is 1. The van der Waals surface area contributed by atoms with Crippen LogP contribution in [0.3, 0.4) is 0 Å². The van der Waals surface area contributed by atoms with Crippen molar-refractivity contribution in [3.05, 3.63) is 29.8 Å². The Labute approximate surface area is 110 Å². The van der Waals surface area contributed by atoms with Gasteiger partial charge < -0.3 is 9.64 Å². The largest absolute Gasteiger partial charge is 0.378 e. The zero-order valence-corrected chi connectivity index (χ0v) is 10.7. The van der Waals surface area contributed by atoms with Gasteiger partial charge in [0.1, 0.15) is 0 Å². The van der Waals surface area contributed by atoms with E-state index in [1.807, 2.05) is 12.1 Å². The van der Waals surface area contributed by atoms with Crippen LogP contribution in [0.4, 0.5) is 5.69 Å². The average molecular weight is 274 g/mol. The van der Waals surface area contributed by atoms with Gasteiger partial charge in [0.05, 0.1) is 13.2 Å². The zero-order chi connectivity index (χ0) is 12.3. The van der Waals surface area contributed by atoms with Gasteiger partial charge in [-0.1, -0.05) is 23.2 Å². The number of hydrogen-bond donors (Lipinski definition) is 0. The van der Waals surface area contributed by atoms with Crippen molar-refractivity contribution in [2.75, 3.05) is 31.2 Å². The van der Waals surface area contributed by atoms with Crippen LogP contribution in [-0.4, -0.2) is 36.9 Å². The van der Waals surface area contributed by atoms with E-state index in [0.29, 0.717) is 5.56 Å². The first-order valence-electron chi connectivity index (χ1n) is 5.43. The first-order chi connectivity index (χ1) is 8.18. The van der Waals surface area contributed by atoms with Gasteiger partial charge in [0.25, 0.3) is 0 Å². The summed E-state index contributed by atoms with van der Waals surface area (Å²) in [6, 6.07) is 7.33. The number of alkyl halides is 2. The second-order valence-corrected chi connectivity index (χ2v) is 4.91. The Bertz CT molecular complexity index is 386. The topological polar surface area (TPSA) is 29.5 Å². The Morgan fingerprint density at radius 3 is 2.29 bits per heavy atom. The van der Waals surface area contributed by atoms with Crippen LogP contribution in [0.15, 0.2) is 24.3 Å². The van der Waals surface area contributed by atoms with E-state index in [9.17, 15) is 4.79 Å². The lowest BCUT2D eigenvalue weighted by molar-refractivity contribution is 0.101. The molecule has 3 nitrogen and oxygen atoms in total. The highest BCUT2D eigenvalue weighted by Crippen LogP contribution is 2.19. The minimum Gasteiger partial charge on any atom is -0.378 e. The molecule has 1 fully saturated rings. The number of anilines is 1. The van der Waals surface area contributed by atoms with Gasteiger partial charge in [0.15, 0.2) is 10.6 Å². The molecular weight excluding hydrogens is 261 g/mol. The van der Waals surface area contributed by atoms with Gasteiger partial charge in [0, 0.05) is 24.3 Å². The van der Waals surface area contributed by atoms with Gasteiger partial charge in [-0.05, 0) is 24.3 Å². The molecule has 1 aliphatic heterocycles. The maximum atomic E-state index is 11.5. The van der Waals surface area contributed by atoms with Gasteiger partial charge in [0.2, 0.25) is 0 Å². The van der Waals surface area contributed by atoms with E-state index >= 15 is 0 Å². The molecule has 0 unspecified atom stereocenters. The van der Waals surface area contributed by atoms with Crippen molar-refractivity contribution >= 4 is 34.7 Å². The number of morpholine rings is 1. The van der Waals surface area contributed by atoms with Gasteiger partial charge in [-0.3, -0.25) is 4.79 Å². The van der Waals surface area contributed by atoms with Gasteiger partial charge in [-0.15, -0.1) is 0 Å². The molecule has 17 heavy (non-hydrogen) atoms. The van der Waals surface area contributed by atoms with E-state index in [1.165, 1.54) is 0 Å². The number of benzene rings is 1. The number of ether oxygens (including phenoxy) is 1. The molecular formula is C12H13Cl2NO2. The molecule has 1 saturated heterocycles.